The van der Waals surface area contributed by atoms with Crippen LogP contribution < -0.4 is 10.6 Å². The van der Waals surface area contributed by atoms with Crippen LogP contribution in [0.15, 0.2) is 0 Å². The first-order chi connectivity index (χ1) is 10.3. The summed E-state index contributed by atoms with van der Waals surface area (Å²) in [6.07, 6.45) is 10.2. The summed E-state index contributed by atoms with van der Waals surface area (Å²) in [5, 5.41) is 16.9. The Balaban J connectivity index is 1.53. The number of aliphatic hydroxyl groups is 1. The third kappa shape index (κ3) is 3.79. The van der Waals surface area contributed by atoms with Crippen LogP contribution in [0.5, 0.6) is 0 Å². The molecule has 122 valence electrons. The van der Waals surface area contributed by atoms with Crippen LogP contribution in [-0.4, -0.2) is 50.1 Å². The van der Waals surface area contributed by atoms with Gasteiger partial charge >= 0.3 is 0 Å². The highest BCUT2D eigenvalue weighted by molar-refractivity contribution is 4.94. The Bertz CT molecular complexity index is 312. The summed E-state index contributed by atoms with van der Waals surface area (Å²) < 4.78 is 5.66. The van der Waals surface area contributed by atoms with Gasteiger partial charge in [-0.25, -0.2) is 0 Å². The molecule has 3 aliphatic rings. The Hall–Kier alpha value is -0.160. The molecule has 3 fully saturated rings. The lowest BCUT2D eigenvalue weighted by Crippen LogP contribution is -2.52. The minimum absolute atomic E-state index is 0.341. The molecule has 0 amide bonds. The van der Waals surface area contributed by atoms with E-state index in [9.17, 15) is 5.11 Å². The lowest BCUT2D eigenvalue weighted by Gasteiger charge is -2.36. The fourth-order valence-electron chi connectivity index (χ4n) is 4.81. The molecular weight excluding hydrogens is 264 g/mol. The average molecular weight is 296 g/mol. The van der Waals surface area contributed by atoms with E-state index in [0.29, 0.717) is 24.1 Å². The Labute approximate surface area is 129 Å². The van der Waals surface area contributed by atoms with E-state index in [-0.39, 0.29) is 0 Å². The van der Waals surface area contributed by atoms with Crippen molar-refractivity contribution >= 4 is 0 Å². The SMILES string of the molecule is OCCC1(CNC2CCCC2C2COCCN2)CCCC1. The summed E-state index contributed by atoms with van der Waals surface area (Å²) in [6.45, 7) is 4.18. The monoisotopic (exact) mass is 296 g/mol. The van der Waals surface area contributed by atoms with Crippen LogP contribution in [0.2, 0.25) is 0 Å². The third-order valence-corrected chi connectivity index (χ3v) is 6.08. The van der Waals surface area contributed by atoms with E-state index in [1.54, 1.807) is 0 Å². The van der Waals surface area contributed by atoms with Crippen molar-refractivity contribution in [3.63, 3.8) is 0 Å². The summed E-state index contributed by atoms with van der Waals surface area (Å²) in [5.41, 5.74) is 0.373. The molecule has 0 bridgehead atoms. The van der Waals surface area contributed by atoms with Crippen LogP contribution in [0.3, 0.4) is 0 Å². The first-order valence-corrected chi connectivity index (χ1v) is 8.98. The molecule has 2 saturated carbocycles. The molecule has 0 aromatic rings. The van der Waals surface area contributed by atoms with Crippen molar-refractivity contribution < 1.29 is 9.84 Å². The lowest BCUT2D eigenvalue weighted by atomic mass is 9.82. The van der Waals surface area contributed by atoms with E-state index in [0.717, 1.165) is 38.6 Å². The number of morpholine rings is 1. The Morgan fingerprint density at radius 3 is 2.76 bits per heavy atom. The van der Waals surface area contributed by atoms with Crippen molar-refractivity contribution in [2.24, 2.45) is 11.3 Å². The smallest absolute Gasteiger partial charge is 0.0623 e. The van der Waals surface area contributed by atoms with Gasteiger partial charge in [-0.2, -0.15) is 0 Å². The van der Waals surface area contributed by atoms with E-state index < -0.39 is 0 Å². The summed E-state index contributed by atoms with van der Waals surface area (Å²) in [5.74, 6) is 0.720. The Morgan fingerprint density at radius 1 is 1.19 bits per heavy atom. The summed E-state index contributed by atoms with van der Waals surface area (Å²) in [4.78, 5) is 0. The van der Waals surface area contributed by atoms with Gasteiger partial charge in [0.2, 0.25) is 0 Å². The molecule has 1 heterocycles. The van der Waals surface area contributed by atoms with Gasteiger partial charge in [0.15, 0.2) is 0 Å². The van der Waals surface area contributed by atoms with Crippen molar-refractivity contribution in [1.29, 1.82) is 0 Å². The van der Waals surface area contributed by atoms with Gasteiger partial charge in [-0.05, 0) is 43.4 Å². The van der Waals surface area contributed by atoms with E-state index in [4.69, 9.17) is 4.74 Å². The predicted molar refractivity (Wildman–Crippen MR) is 84.3 cm³/mol. The zero-order valence-electron chi connectivity index (χ0n) is 13.3. The minimum Gasteiger partial charge on any atom is -0.396 e. The van der Waals surface area contributed by atoms with Gasteiger partial charge in [-0.15, -0.1) is 0 Å². The molecule has 0 radical (unpaired) electrons. The normalized spacial score (nSPS) is 36.1. The molecule has 3 unspecified atom stereocenters. The van der Waals surface area contributed by atoms with Gasteiger partial charge in [0.05, 0.1) is 13.2 Å². The third-order valence-electron chi connectivity index (χ3n) is 6.08. The molecule has 2 aliphatic carbocycles. The molecule has 0 aromatic heterocycles. The first-order valence-electron chi connectivity index (χ1n) is 8.98. The first kappa shape index (κ1) is 15.7. The highest BCUT2D eigenvalue weighted by atomic mass is 16.5. The van der Waals surface area contributed by atoms with Gasteiger partial charge in [0.25, 0.3) is 0 Å². The molecule has 21 heavy (non-hydrogen) atoms. The fourth-order valence-corrected chi connectivity index (χ4v) is 4.81. The summed E-state index contributed by atoms with van der Waals surface area (Å²) in [6, 6.07) is 1.18. The van der Waals surface area contributed by atoms with E-state index in [1.165, 1.54) is 44.9 Å². The zero-order chi connectivity index (χ0) is 14.5. The van der Waals surface area contributed by atoms with Crippen molar-refractivity contribution in [1.82, 2.24) is 10.6 Å². The number of nitrogens with one attached hydrogen (secondary N) is 2. The van der Waals surface area contributed by atoms with Crippen LogP contribution in [0.25, 0.3) is 0 Å². The molecule has 3 N–H and O–H groups in total. The van der Waals surface area contributed by atoms with Crippen LogP contribution in [0, 0.1) is 11.3 Å². The maximum absolute atomic E-state index is 9.39. The summed E-state index contributed by atoms with van der Waals surface area (Å²) >= 11 is 0. The quantitative estimate of drug-likeness (QED) is 0.698. The topological polar surface area (TPSA) is 53.5 Å². The van der Waals surface area contributed by atoms with Gasteiger partial charge in [-0.1, -0.05) is 19.3 Å². The highest BCUT2D eigenvalue weighted by Crippen LogP contribution is 2.41. The Kier molecular flexibility index (Phi) is 5.54. The summed E-state index contributed by atoms with van der Waals surface area (Å²) in [7, 11) is 0. The van der Waals surface area contributed by atoms with Crippen LogP contribution in [0.4, 0.5) is 0 Å². The Morgan fingerprint density at radius 2 is 2.05 bits per heavy atom. The van der Waals surface area contributed by atoms with Crippen molar-refractivity contribution in [2.45, 2.75) is 63.5 Å². The van der Waals surface area contributed by atoms with E-state index in [1.807, 2.05) is 0 Å². The number of rotatable bonds is 6. The van der Waals surface area contributed by atoms with Crippen LogP contribution >= 0.6 is 0 Å². The second-order valence-electron chi connectivity index (χ2n) is 7.40. The predicted octanol–water partition coefficient (Wildman–Crippen LogP) is 1.68. The van der Waals surface area contributed by atoms with Crippen molar-refractivity contribution in [3.05, 3.63) is 0 Å². The lowest BCUT2D eigenvalue weighted by molar-refractivity contribution is 0.0512. The molecule has 1 aliphatic heterocycles. The molecule has 3 rings (SSSR count). The van der Waals surface area contributed by atoms with E-state index in [2.05, 4.69) is 10.6 Å². The maximum Gasteiger partial charge on any atom is 0.0623 e. The molecule has 1 saturated heterocycles. The van der Waals surface area contributed by atoms with Crippen LogP contribution in [-0.2, 0) is 4.74 Å². The maximum atomic E-state index is 9.39. The number of ether oxygens (including phenoxy) is 1. The molecule has 3 atom stereocenters. The highest BCUT2D eigenvalue weighted by Gasteiger charge is 2.38. The average Bonchev–Trinajstić information content (AvgIpc) is 3.16. The van der Waals surface area contributed by atoms with E-state index >= 15 is 0 Å². The largest absolute Gasteiger partial charge is 0.396 e. The van der Waals surface area contributed by atoms with Crippen LogP contribution in [0.1, 0.15) is 51.4 Å². The molecule has 0 aromatic carbocycles. The van der Waals surface area contributed by atoms with Gasteiger partial charge in [-0.3, -0.25) is 0 Å². The minimum atomic E-state index is 0.341. The number of aliphatic hydroxyl groups excluding tert-OH is 1. The number of hydrogen-bond acceptors (Lipinski definition) is 4. The molecule has 0 spiro atoms. The second-order valence-corrected chi connectivity index (χ2v) is 7.40. The second kappa shape index (κ2) is 7.40. The molecular formula is C17H32N2O2. The molecule has 4 heteroatoms. The zero-order valence-corrected chi connectivity index (χ0v) is 13.3. The van der Waals surface area contributed by atoms with Crippen molar-refractivity contribution in [2.75, 3.05) is 32.9 Å². The number of hydrogen-bond donors (Lipinski definition) is 3. The van der Waals surface area contributed by atoms with Gasteiger partial charge in [0.1, 0.15) is 0 Å². The van der Waals surface area contributed by atoms with Crippen molar-refractivity contribution in [3.8, 4) is 0 Å². The van der Waals surface area contributed by atoms with Gasteiger partial charge in [0, 0.05) is 31.8 Å². The standard InChI is InChI=1S/C17H32N2O2/c20-10-8-17(6-1-2-7-17)13-19-15-5-3-4-14(15)16-12-21-11-9-18-16/h14-16,18-20H,1-13H2. The molecule has 4 nitrogen and oxygen atoms in total. The fraction of sp³-hybridized carbons (Fsp3) is 1.00. The van der Waals surface area contributed by atoms with Gasteiger partial charge < -0.3 is 20.5 Å².